The summed E-state index contributed by atoms with van der Waals surface area (Å²) in [6.45, 7) is 20.3. The topological polar surface area (TPSA) is 3.24 Å². The molecule has 0 amide bonds. The maximum absolute atomic E-state index is 3.89. The van der Waals surface area contributed by atoms with Gasteiger partial charge < -0.3 is 0 Å². The summed E-state index contributed by atoms with van der Waals surface area (Å²) in [4.78, 5) is 2.00. The summed E-state index contributed by atoms with van der Waals surface area (Å²) in [5.74, 6) is 2.01. The van der Waals surface area contributed by atoms with E-state index in [1.54, 1.807) is 6.20 Å². The van der Waals surface area contributed by atoms with Crippen molar-refractivity contribution in [3.8, 4) is 0 Å². The molecule has 0 aromatic carbocycles. The summed E-state index contributed by atoms with van der Waals surface area (Å²) in [6.07, 6.45) is 5.87. The minimum absolute atomic E-state index is 0.0960. The number of allylic oxidation sites excluding steroid dienone is 2. The van der Waals surface area contributed by atoms with Crippen LogP contribution in [0.1, 0.15) is 27.7 Å². The van der Waals surface area contributed by atoms with Gasteiger partial charge in [0.15, 0.2) is 0 Å². The van der Waals surface area contributed by atoms with Gasteiger partial charge in [-0.2, -0.15) is 0 Å². The van der Waals surface area contributed by atoms with Gasteiger partial charge in [-0.15, -0.1) is 0 Å². The molecule has 0 unspecified atom stereocenters. The Morgan fingerprint density at radius 3 is 2.18 bits per heavy atom. The molecule has 0 fully saturated rings. The van der Waals surface area contributed by atoms with E-state index in [2.05, 4.69) is 46.8 Å². The van der Waals surface area contributed by atoms with Crippen LogP contribution in [0.25, 0.3) is 0 Å². The van der Waals surface area contributed by atoms with Gasteiger partial charge in [0.25, 0.3) is 0 Å². The Morgan fingerprint density at radius 1 is 1.24 bits per heavy atom. The van der Waals surface area contributed by atoms with Crippen molar-refractivity contribution in [2.45, 2.75) is 27.7 Å². The average Bonchev–Trinajstić information content (AvgIpc) is 2.26. The van der Waals surface area contributed by atoms with Crippen LogP contribution in [0.3, 0.4) is 0 Å². The molecule has 0 aliphatic rings. The fraction of sp³-hybridized carbons (Fsp3) is 0.429. The standard InChI is InChI=1S/C14H23B2N/c1-8-12(14(4,5)6)11-13(16-15-9-2)17(7)10-3/h8-11H,1,3H2,2,4-7H3/b12-11+. The van der Waals surface area contributed by atoms with E-state index in [9.17, 15) is 0 Å². The Hall–Kier alpha value is -1.11. The Bertz CT molecular complexity index is 357. The van der Waals surface area contributed by atoms with Gasteiger partial charge in [0.05, 0.1) is 0 Å². The van der Waals surface area contributed by atoms with Crippen molar-refractivity contribution in [3.05, 3.63) is 37.1 Å². The van der Waals surface area contributed by atoms with E-state index in [0.29, 0.717) is 0 Å². The van der Waals surface area contributed by atoms with Gasteiger partial charge in [-0.3, -0.25) is 0 Å². The van der Waals surface area contributed by atoms with Crippen LogP contribution in [0.2, 0.25) is 0 Å². The molecule has 17 heavy (non-hydrogen) atoms. The van der Waals surface area contributed by atoms with Crippen LogP contribution >= 0.6 is 0 Å². The van der Waals surface area contributed by atoms with Gasteiger partial charge in [0.1, 0.15) is 0 Å². The third kappa shape index (κ3) is 5.67. The van der Waals surface area contributed by atoms with Crippen LogP contribution in [0, 0.1) is 5.41 Å². The van der Waals surface area contributed by atoms with Gasteiger partial charge in [-0.05, 0) is 0 Å². The van der Waals surface area contributed by atoms with E-state index in [0.717, 1.165) is 5.59 Å². The monoisotopic (exact) mass is 227 g/mol. The Morgan fingerprint density at radius 2 is 1.82 bits per heavy atom. The van der Waals surface area contributed by atoms with Gasteiger partial charge in [0, 0.05) is 0 Å². The Balaban J connectivity index is 5.41. The summed E-state index contributed by atoms with van der Waals surface area (Å²) < 4.78 is 0. The van der Waals surface area contributed by atoms with E-state index in [1.165, 1.54) is 5.57 Å². The molecule has 0 N–H and O–H groups in total. The zero-order chi connectivity index (χ0) is 13.5. The second-order valence-corrected chi connectivity index (χ2v) is 4.96. The number of likely N-dealkylation sites (N-methyl/N-ethyl adjacent to an activating group) is 1. The first-order valence-electron chi connectivity index (χ1n) is 5.89. The van der Waals surface area contributed by atoms with Crippen molar-refractivity contribution >= 4 is 25.2 Å². The van der Waals surface area contributed by atoms with Crippen molar-refractivity contribution in [2.75, 3.05) is 7.05 Å². The molecule has 1 nitrogen and oxygen atoms in total. The van der Waals surface area contributed by atoms with Crippen LogP contribution in [-0.4, -0.2) is 37.1 Å². The van der Waals surface area contributed by atoms with E-state index < -0.39 is 0 Å². The van der Waals surface area contributed by atoms with Gasteiger partial charge >= 0.3 is 107 Å². The van der Waals surface area contributed by atoms with Crippen LogP contribution in [0.4, 0.5) is 0 Å². The summed E-state index contributed by atoms with van der Waals surface area (Å²) in [5.41, 5.74) is 2.41. The van der Waals surface area contributed by atoms with E-state index in [4.69, 9.17) is 0 Å². The second-order valence-electron chi connectivity index (χ2n) is 4.96. The third-order valence-corrected chi connectivity index (χ3v) is 2.53. The first-order chi connectivity index (χ1) is 7.86. The van der Waals surface area contributed by atoms with Crippen LogP contribution in [-0.2, 0) is 0 Å². The molecule has 0 radical (unpaired) electrons. The zero-order valence-corrected chi connectivity index (χ0v) is 11.8. The molecule has 0 spiro atoms. The van der Waals surface area contributed by atoms with Crippen molar-refractivity contribution in [1.29, 1.82) is 0 Å². The van der Waals surface area contributed by atoms with E-state index >= 15 is 0 Å². The number of rotatable bonds is 5. The maximum atomic E-state index is 3.89. The predicted octanol–water partition coefficient (Wildman–Crippen LogP) is 2.50. The Labute approximate surface area is 108 Å². The number of hydrogen-bond acceptors (Lipinski definition) is 1. The average molecular weight is 227 g/mol. The van der Waals surface area contributed by atoms with Crippen LogP contribution in [0.5, 0.6) is 0 Å². The molecule has 0 aromatic rings. The van der Waals surface area contributed by atoms with Gasteiger partial charge in [-0.25, -0.2) is 0 Å². The molecule has 0 saturated heterocycles. The minimum atomic E-state index is 0.0960. The summed E-state index contributed by atoms with van der Waals surface area (Å²) >= 11 is 0. The van der Waals surface area contributed by atoms with Crippen molar-refractivity contribution in [2.24, 2.45) is 5.41 Å². The summed E-state index contributed by atoms with van der Waals surface area (Å²) in [5, 5.41) is 0. The van der Waals surface area contributed by atoms with Gasteiger partial charge in [0.2, 0.25) is 0 Å². The first kappa shape index (κ1) is 15.9. The summed E-state index contributed by atoms with van der Waals surface area (Å²) in [7, 11) is 1.99. The molecule has 0 aliphatic heterocycles. The fourth-order valence-corrected chi connectivity index (χ4v) is 1.31. The van der Waals surface area contributed by atoms with E-state index in [1.807, 2.05) is 37.7 Å². The molecule has 3 heteroatoms. The predicted molar refractivity (Wildman–Crippen MR) is 83.9 cm³/mol. The molecule has 0 bridgehead atoms. The summed E-state index contributed by atoms with van der Waals surface area (Å²) in [6, 6.07) is 0. The molecule has 90 valence electrons. The zero-order valence-electron chi connectivity index (χ0n) is 11.8. The van der Waals surface area contributed by atoms with Crippen molar-refractivity contribution in [1.82, 2.24) is 4.90 Å². The van der Waals surface area contributed by atoms with Crippen molar-refractivity contribution < 1.29 is 0 Å². The molecule has 0 atom stereocenters. The Kier molecular flexibility index (Phi) is 6.79. The molecule has 0 rings (SSSR count). The molecular formula is C14H23B2N. The SMILES string of the molecule is C=C/C(=C\C(=BB=CC)N(C)C=C)C(C)(C)C. The number of hydrogen-bond donors (Lipinski definition) is 0. The molecule has 0 saturated carbocycles. The van der Waals surface area contributed by atoms with E-state index in [-0.39, 0.29) is 5.41 Å². The molecule has 0 aromatic heterocycles. The quantitative estimate of drug-likeness (QED) is 0.515. The molecule has 0 heterocycles. The normalized spacial score (nSPS) is 13.0. The third-order valence-electron chi connectivity index (χ3n) is 2.53. The number of nitrogens with zero attached hydrogens (tertiary/aromatic N) is 1. The van der Waals surface area contributed by atoms with Crippen LogP contribution in [0.15, 0.2) is 37.1 Å². The van der Waals surface area contributed by atoms with Crippen LogP contribution < -0.4 is 0 Å². The second kappa shape index (κ2) is 7.26. The fourth-order valence-electron chi connectivity index (χ4n) is 1.31. The van der Waals surface area contributed by atoms with Crippen molar-refractivity contribution in [3.63, 3.8) is 0 Å². The first-order valence-corrected chi connectivity index (χ1v) is 5.89. The van der Waals surface area contributed by atoms with Gasteiger partial charge in [-0.1, -0.05) is 0 Å². The molecular weight excluding hydrogens is 204 g/mol. The molecule has 0 aliphatic carbocycles.